The minimum absolute atomic E-state index is 0.0155. The minimum Gasteiger partial charge on any atom is -0.348 e. The molecule has 1 amide bonds. The third kappa shape index (κ3) is 5.56. The Labute approximate surface area is 180 Å². The van der Waals surface area contributed by atoms with Crippen molar-refractivity contribution in [1.29, 1.82) is 0 Å². The van der Waals surface area contributed by atoms with Gasteiger partial charge in [-0.25, -0.2) is 8.42 Å². The molecule has 7 nitrogen and oxygen atoms in total. The van der Waals surface area contributed by atoms with Gasteiger partial charge >= 0.3 is 6.18 Å². The molecule has 0 bridgehead atoms. The Bertz CT molecular complexity index is 1230. The van der Waals surface area contributed by atoms with Crippen LogP contribution in [0.5, 0.6) is 0 Å². The number of halogens is 4. The predicted octanol–water partition coefficient (Wildman–Crippen LogP) is 3.82. The third-order valence-electron chi connectivity index (χ3n) is 4.15. The normalized spacial score (nSPS) is 11.9. The van der Waals surface area contributed by atoms with Crippen molar-refractivity contribution in [1.82, 2.24) is 15.1 Å². The first-order valence-corrected chi connectivity index (χ1v) is 10.6. The van der Waals surface area contributed by atoms with E-state index >= 15 is 0 Å². The lowest BCUT2D eigenvalue weighted by atomic mass is 10.2. The number of anilines is 1. The van der Waals surface area contributed by atoms with Gasteiger partial charge in [0, 0.05) is 31.0 Å². The van der Waals surface area contributed by atoms with Gasteiger partial charge in [0.1, 0.15) is 0 Å². The number of rotatable bonds is 6. The van der Waals surface area contributed by atoms with Gasteiger partial charge in [-0.1, -0.05) is 17.7 Å². The number of carbonyl (C=O) groups is 1. The monoisotopic (exact) mass is 472 g/mol. The molecule has 0 radical (unpaired) electrons. The Morgan fingerprint density at radius 1 is 1.19 bits per heavy atom. The highest BCUT2D eigenvalue weighted by atomic mass is 35.5. The molecule has 2 N–H and O–H groups in total. The number of sulfonamides is 1. The largest absolute Gasteiger partial charge is 0.416 e. The van der Waals surface area contributed by atoms with E-state index in [0.717, 1.165) is 29.8 Å². The van der Waals surface area contributed by atoms with Crippen LogP contribution in [0.25, 0.3) is 0 Å². The van der Waals surface area contributed by atoms with Crippen LogP contribution in [-0.4, -0.2) is 24.1 Å². The number of benzene rings is 2. The molecule has 164 valence electrons. The molecule has 3 rings (SSSR count). The maximum Gasteiger partial charge on any atom is 0.416 e. The second-order valence-electron chi connectivity index (χ2n) is 6.53. The fourth-order valence-corrected chi connectivity index (χ4v) is 3.94. The van der Waals surface area contributed by atoms with E-state index in [1.54, 1.807) is 24.1 Å². The molecule has 0 spiro atoms. The van der Waals surface area contributed by atoms with Gasteiger partial charge in [0.2, 0.25) is 0 Å². The van der Waals surface area contributed by atoms with Gasteiger partial charge in [0.25, 0.3) is 15.9 Å². The Morgan fingerprint density at radius 2 is 1.94 bits per heavy atom. The van der Waals surface area contributed by atoms with Gasteiger partial charge in [-0.05, 0) is 36.4 Å². The van der Waals surface area contributed by atoms with E-state index in [0.29, 0.717) is 6.07 Å². The van der Waals surface area contributed by atoms with E-state index in [2.05, 4.69) is 15.1 Å². The van der Waals surface area contributed by atoms with Gasteiger partial charge in [-0.15, -0.1) is 0 Å². The molecule has 0 aliphatic heterocycles. The lowest BCUT2D eigenvalue weighted by Gasteiger charge is -2.12. The average Bonchev–Trinajstić information content (AvgIpc) is 3.10. The molecule has 0 saturated heterocycles. The fraction of sp³-hybridized carbons (Fsp3) is 0.158. The molecule has 12 heteroatoms. The van der Waals surface area contributed by atoms with Crippen molar-refractivity contribution >= 4 is 33.2 Å². The maximum atomic E-state index is 12.9. The highest BCUT2D eigenvalue weighted by molar-refractivity contribution is 7.92. The van der Waals surface area contributed by atoms with Crippen molar-refractivity contribution in [3.8, 4) is 0 Å². The summed E-state index contributed by atoms with van der Waals surface area (Å²) in [6.45, 7) is 0.141. The summed E-state index contributed by atoms with van der Waals surface area (Å²) in [5.41, 5.74) is -0.647. The number of carbonyl (C=O) groups excluding carboxylic acids is 1. The molecule has 31 heavy (non-hydrogen) atoms. The summed E-state index contributed by atoms with van der Waals surface area (Å²) in [5, 5.41) is 6.59. The summed E-state index contributed by atoms with van der Waals surface area (Å²) >= 11 is 6.04. The smallest absolute Gasteiger partial charge is 0.348 e. The van der Waals surface area contributed by atoms with E-state index in [1.165, 1.54) is 12.1 Å². The number of aryl methyl sites for hydroxylation is 1. The summed E-state index contributed by atoms with van der Waals surface area (Å²) in [4.78, 5) is 12.1. The van der Waals surface area contributed by atoms with Gasteiger partial charge in [0.15, 0.2) is 0 Å². The highest BCUT2D eigenvalue weighted by Gasteiger charge is 2.30. The molecule has 2 aromatic carbocycles. The molecule has 0 unspecified atom stereocenters. The molecule has 0 aliphatic rings. The SMILES string of the molecule is Cn1cc(CNC(=O)c2cc(S(=O)(=O)Nc3cccc(C(F)(F)F)c3)ccc2Cl)cn1. The predicted molar refractivity (Wildman–Crippen MR) is 108 cm³/mol. The summed E-state index contributed by atoms with van der Waals surface area (Å²) in [6, 6.07) is 7.19. The van der Waals surface area contributed by atoms with E-state index in [4.69, 9.17) is 11.6 Å². The van der Waals surface area contributed by atoms with Crippen LogP contribution in [0, 0.1) is 0 Å². The zero-order valence-electron chi connectivity index (χ0n) is 15.9. The van der Waals surface area contributed by atoms with Gasteiger partial charge < -0.3 is 5.32 Å². The van der Waals surface area contributed by atoms with Crippen molar-refractivity contribution in [2.24, 2.45) is 7.05 Å². The zero-order chi connectivity index (χ0) is 22.8. The molecule has 3 aromatic rings. The molecule has 1 heterocycles. The Balaban J connectivity index is 1.81. The Morgan fingerprint density at radius 3 is 2.58 bits per heavy atom. The number of hydrogen-bond donors (Lipinski definition) is 2. The molecule has 1 aromatic heterocycles. The number of nitrogens with zero attached hydrogens (tertiary/aromatic N) is 2. The van der Waals surface area contributed by atoms with Gasteiger partial charge in [-0.2, -0.15) is 18.3 Å². The zero-order valence-corrected chi connectivity index (χ0v) is 17.5. The molecule has 0 aliphatic carbocycles. The average molecular weight is 473 g/mol. The van der Waals surface area contributed by atoms with Crippen LogP contribution in [0.3, 0.4) is 0 Å². The molecule has 0 saturated carbocycles. The van der Waals surface area contributed by atoms with Crippen LogP contribution in [-0.2, 0) is 29.8 Å². The van der Waals surface area contributed by atoms with Crippen LogP contribution in [0.15, 0.2) is 59.8 Å². The Hall–Kier alpha value is -3.05. The Kier molecular flexibility index (Phi) is 6.27. The number of aromatic nitrogens is 2. The third-order valence-corrected chi connectivity index (χ3v) is 5.85. The standard InChI is InChI=1S/C19H16ClF3N4O3S/c1-27-11-12(10-25-27)9-24-18(28)16-8-15(5-6-17(16)20)31(29,30)26-14-4-2-3-13(7-14)19(21,22)23/h2-8,10-11,26H,9H2,1H3,(H,24,28). The minimum atomic E-state index is -4.62. The van der Waals surface area contributed by atoms with E-state index in [9.17, 15) is 26.4 Å². The van der Waals surface area contributed by atoms with Crippen LogP contribution >= 0.6 is 11.6 Å². The van der Waals surface area contributed by atoms with Crippen LogP contribution in [0.1, 0.15) is 21.5 Å². The second kappa shape index (κ2) is 8.60. The number of alkyl halides is 3. The van der Waals surface area contributed by atoms with Crippen LogP contribution in [0.4, 0.5) is 18.9 Å². The first-order chi connectivity index (χ1) is 14.5. The summed E-state index contributed by atoms with van der Waals surface area (Å²) < 4.78 is 67.5. The van der Waals surface area contributed by atoms with Gasteiger partial charge in [-0.3, -0.25) is 14.2 Å². The second-order valence-corrected chi connectivity index (χ2v) is 8.62. The topological polar surface area (TPSA) is 93.1 Å². The van der Waals surface area contributed by atoms with Crippen molar-refractivity contribution in [2.45, 2.75) is 17.6 Å². The summed E-state index contributed by atoms with van der Waals surface area (Å²) in [5.74, 6) is -0.620. The molecule has 0 fully saturated rings. The number of amides is 1. The van der Waals surface area contributed by atoms with E-state index in [-0.39, 0.29) is 27.7 Å². The van der Waals surface area contributed by atoms with Crippen molar-refractivity contribution < 1.29 is 26.4 Å². The first-order valence-electron chi connectivity index (χ1n) is 8.71. The van der Waals surface area contributed by atoms with Crippen molar-refractivity contribution in [2.75, 3.05) is 4.72 Å². The lowest BCUT2D eigenvalue weighted by molar-refractivity contribution is -0.137. The maximum absolute atomic E-state index is 12.9. The van der Waals surface area contributed by atoms with Crippen molar-refractivity contribution in [3.05, 3.63) is 76.6 Å². The number of nitrogens with one attached hydrogen (secondary N) is 2. The molecular formula is C19H16ClF3N4O3S. The molecule has 0 atom stereocenters. The van der Waals surface area contributed by atoms with E-state index in [1.807, 2.05) is 0 Å². The van der Waals surface area contributed by atoms with E-state index < -0.39 is 27.7 Å². The highest BCUT2D eigenvalue weighted by Crippen LogP contribution is 2.31. The van der Waals surface area contributed by atoms with Crippen molar-refractivity contribution in [3.63, 3.8) is 0 Å². The molecular weight excluding hydrogens is 457 g/mol. The first kappa shape index (κ1) is 22.6. The van der Waals surface area contributed by atoms with Crippen LogP contribution in [0.2, 0.25) is 5.02 Å². The summed E-state index contributed by atoms with van der Waals surface area (Å²) in [6.07, 6.45) is -1.37. The lowest BCUT2D eigenvalue weighted by Crippen LogP contribution is -2.23. The number of hydrogen-bond acceptors (Lipinski definition) is 4. The fourth-order valence-electron chi connectivity index (χ4n) is 2.66. The van der Waals surface area contributed by atoms with Gasteiger partial charge in [0.05, 0.1) is 27.2 Å². The van der Waals surface area contributed by atoms with Crippen LogP contribution < -0.4 is 10.0 Å². The summed E-state index contributed by atoms with van der Waals surface area (Å²) in [7, 11) is -2.57. The quantitative estimate of drug-likeness (QED) is 0.570.